The van der Waals surface area contributed by atoms with E-state index in [-0.39, 0.29) is 18.3 Å². The Morgan fingerprint density at radius 3 is 2.30 bits per heavy atom. The van der Waals surface area contributed by atoms with E-state index in [1.807, 2.05) is 0 Å². The van der Waals surface area contributed by atoms with Crippen molar-refractivity contribution in [3.63, 3.8) is 0 Å². The van der Waals surface area contributed by atoms with Crippen molar-refractivity contribution in [2.24, 2.45) is 5.10 Å². The van der Waals surface area contributed by atoms with Gasteiger partial charge in [-0.15, -0.1) is 0 Å². The second-order valence-electron chi connectivity index (χ2n) is 4.70. The van der Waals surface area contributed by atoms with Gasteiger partial charge in [-0.3, -0.25) is 4.79 Å². The number of hydrazone groups is 1. The van der Waals surface area contributed by atoms with Crippen molar-refractivity contribution >= 4 is 11.6 Å². The molecule has 0 aromatic heterocycles. The van der Waals surface area contributed by atoms with Crippen molar-refractivity contribution in [3.8, 4) is 11.5 Å². The molecule has 0 aliphatic carbocycles. The van der Waals surface area contributed by atoms with Gasteiger partial charge >= 0.3 is 0 Å². The van der Waals surface area contributed by atoms with E-state index < -0.39 is 0 Å². The lowest BCUT2D eigenvalue weighted by atomic mass is 10.1. The maximum atomic E-state index is 12.8. The number of nitrogens with zero attached hydrogens (tertiary/aromatic N) is 1. The van der Waals surface area contributed by atoms with E-state index in [1.165, 1.54) is 12.1 Å². The fourth-order valence-electron chi connectivity index (χ4n) is 1.75. The maximum absolute atomic E-state index is 12.8. The Bertz CT molecular complexity index is 682. The van der Waals surface area contributed by atoms with Crippen LogP contribution in [0.25, 0.3) is 0 Å². The highest BCUT2D eigenvalue weighted by atomic mass is 19.1. The highest BCUT2D eigenvalue weighted by molar-refractivity contribution is 5.99. The SMILES string of the molecule is COc1ccc(OCC(=O)N/N=C(/C)c2ccc(F)cc2)cc1. The van der Waals surface area contributed by atoms with E-state index in [0.717, 1.165) is 5.56 Å². The molecule has 2 aromatic carbocycles. The molecule has 6 heteroatoms. The lowest BCUT2D eigenvalue weighted by molar-refractivity contribution is -0.123. The van der Waals surface area contributed by atoms with Crippen LogP contribution in [0.1, 0.15) is 12.5 Å². The number of halogens is 1. The van der Waals surface area contributed by atoms with Crippen LogP contribution in [0.15, 0.2) is 53.6 Å². The molecule has 0 spiro atoms. The number of hydrogen-bond donors (Lipinski definition) is 1. The van der Waals surface area contributed by atoms with E-state index in [4.69, 9.17) is 9.47 Å². The molecule has 0 bridgehead atoms. The Labute approximate surface area is 133 Å². The highest BCUT2D eigenvalue weighted by Crippen LogP contribution is 2.16. The minimum atomic E-state index is -0.387. The Hall–Kier alpha value is -2.89. The molecular formula is C17H17FN2O3. The summed E-state index contributed by atoms with van der Waals surface area (Å²) in [6.07, 6.45) is 0. The molecule has 2 aromatic rings. The number of benzene rings is 2. The predicted molar refractivity (Wildman–Crippen MR) is 85.2 cm³/mol. The average molecular weight is 316 g/mol. The Balaban J connectivity index is 1.84. The molecule has 0 atom stereocenters. The van der Waals surface area contributed by atoms with Crippen LogP contribution < -0.4 is 14.9 Å². The standard InChI is InChI=1S/C17H17FN2O3/c1-12(13-3-5-14(18)6-4-13)19-20-17(21)11-23-16-9-7-15(22-2)8-10-16/h3-10H,11H2,1-2H3,(H,20,21)/b19-12-. The summed E-state index contributed by atoms with van der Waals surface area (Å²) in [7, 11) is 1.57. The van der Waals surface area contributed by atoms with Gasteiger partial charge in [0, 0.05) is 0 Å². The number of ether oxygens (including phenoxy) is 2. The molecule has 0 fully saturated rings. The van der Waals surface area contributed by atoms with Crippen LogP contribution in [0.4, 0.5) is 4.39 Å². The Morgan fingerprint density at radius 2 is 1.70 bits per heavy atom. The fourth-order valence-corrected chi connectivity index (χ4v) is 1.75. The summed E-state index contributed by atoms with van der Waals surface area (Å²) < 4.78 is 23.2. The molecule has 5 nitrogen and oxygen atoms in total. The van der Waals surface area contributed by atoms with Crippen LogP contribution >= 0.6 is 0 Å². The van der Waals surface area contributed by atoms with E-state index in [2.05, 4.69) is 10.5 Å². The van der Waals surface area contributed by atoms with Crippen molar-refractivity contribution in [1.29, 1.82) is 0 Å². The van der Waals surface area contributed by atoms with Crippen LogP contribution in [0, 0.1) is 5.82 Å². The third-order valence-electron chi connectivity index (χ3n) is 3.04. The van der Waals surface area contributed by atoms with Gasteiger partial charge in [-0.25, -0.2) is 9.82 Å². The largest absolute Gasteiger partial charge is 0.497 e. The van der Waals surface area contributed by atoms with E-state index in [1.54, 1.807) is 50.4 Å². The zero-order chi connectivity index (χ0) is 16.7. The molecule has 1 amide bonds. The lowest BCUT2D eigenvalue weighted by Crippen LogP contribution is -2.25. The first-order valence-electron chi connectivity index (χ1n) is 6.94. The van der Waals surface area contributed by atoms with E-state index in [0.29, 0.717) is 17.2 Å². The normalized spacial score (nSPS) is 11.0. The quantitative estimate of drug-likeness (QED) is 0.658. The van der Waals surface area contributed by atoms with E-state index in [9.17, 15) is 9.18 Å². The van der Waals surface area contributed by atoms with Gasteiger partial charge in [-0.2, -0.15) is 5.10 Å². The molecular weight excluding hydrogens is 299 g/mol. The van der Waals surface area contributed by atoms with Gasteiger partial charge in [0.05, 0.1) is 12.8 Å². The zero-order valence-electron chi connectivity index (χ0n) is 12.9. The number of methoxy groups -OCH3 is 1. The fraction of sp³-hybridized carbons (Fsp3) is 0.176. The summed E-state index contributed by atoms with van der Waals surface area (Å²) in [6, 6.07) is 12.8. The zero-order valence-corrected chi connectivity index (χ0v) is 12.9. The molecule has 1 N–H and O–H groups in total. The topological polar surface area (TPSA) is 59.9 Å². The average Bonchev–Trinajstić information content (AvgIpc) is 2.59. The molecule has 0 saturated heterocycles. The van der Waals surface area contributed by atoms with Gasteiger partial charge < -0.3 is 9.47 Å². The van der Waals surface area contributed by atoms with Gasteiger partial charge in [0.15, 0.2) is 6.61 Å². The molecule has 0 aliphatic heterocycles. The predicted octanol–water partition coefficient (Wildman–Crippen LogP) is 2.75. The molecule has 2 rings (SSSR count). The number of carbonyl (C=O) groups is 1. The Morgan fingerprint density at radius 1 is 1.09 bits per heavy atom. The van der Waals surface area contributed by atoms with Gasteiger partial charge in [-0.1, -0.05) is 12.1 Å². The first-order valence-corrected chi connectivity index (χ1v) is 6.94. The van der Waals surface area contributed by atoms with Gasteiger partial charge in [0.25, 0.3) is 5.91 Å². The van der Waals surface area contributed by atoms with Gasteiger partial charge in [0.2, 0.25) is 0 Å². The van der Waals surface area contributed by atoms with Crippen molar-refractivity contribution in [2.45, 2.75) is 6.92 Å². The second kappa shape index (κ2) is 7.93. The minimum Gasteiger partial charge on any atom is -0.497 e. The molecule has 0 heterocycles. The van der Waals surface area contributed by atoms with Crippen LogP contribution in [-0.4, -0.2) is 25.3 Å². The smallest absolute Gasteiger partial charge is 0.277 e. The maximum Gasteiger partial charge on any atom is 0.277 e. The minimum absolute atomic E-state index is 0.160. The van der Waals surface area contributed by atoms with Crippen molar-refractivity contribution in [1.82, 2.24) is 5.43 Å². The van der Waals surface area contributed by atoms with Crippen LogP contribution in [0.5, 0.6) is 11.5 Å². The van der Waals surface area contributed by atoms with Crippen LogP contribution in [0.2, 0.25) is 0 Å². The molecule has 0 saturated carbocycles. The monoisotopic (exact) mass is 316 g/mol. The Kier molecular flexibility index (Phi) is 5.68. The van der Waals surface area contributed by atoms with Gasteiger partial charge in [-0.05, 0) is 48.9 Å². The second-order valence-corrected chi connectivity index (χ2v) is 4.70. The summed E-state index contributed by atoms with van der Waals surface area (Å²) in [6.45, 7) is 1.56. The number of nitrogens with one attached hydrogen (secondary N) is 1. The third-order valence-corrected chi connectivity index (χ3v) is 3.04. The molecule has 120 valence electrons. The van der Waals surface area contributed by atoms with Gasteiger partial charge in [0.1, 0.15) is 17.3 Å². The third kappa shape index (κ3) is 5.10. The molecule has 0 radical (unpaired) electrons. The molecule has 0 aliphatic rings. The summed E-state index contributed by atoms with van der Waals surface area (Å²) in [5, 5.41) is 3.96. The first-order chi connectivity index (χ1) is 11.1. The van der Waals surface area contributed by atoms with Crippen LogP contribution in [0.3, 0.4) is 0 Å². The number of carbonyl (C=O) groups excluding carboxylic acids is 1. The summed E-state index contributed by atoms with van der Waals surface area (Å²) >= 11 is 0. The van der Waals surface area contributed by atoms with Crippen molar-refractivity contribution < 1.29 is 18.7 Å². The number of hydrogen-bond acceptors (Lipinski definition) is 4. The molecule has 23 heavy (non-hydrogen) atoms. The van der Waals surface area contributed by atoms with Crippen molar-refractivity contribution in [3.05, 3.63) is 59.9 Å². The molecule has 0 unspecified atom stereocenters. The highest BCUT2D eigenvalue weighted by Gasteiger charge is 2.03. The van der Waals surface area contributed by atoms with E-state index >= 15 is 0 Å². The van der Waals surface area contributed by atoms with Crippen molar-refractivity contribution in [2.75, 3.05) is 13.7 Å². The van der Waals surface area contributed by atoms with Crippen LogP contribution in [-0.2, 0) is 4.79 Å². The summed E-state index contributed by atoms with van der Waals surface area (Å²) in [4.78, 5) is 11.7. The summed E-state index contributed by atoms with van der Waals surface area (Å²) in [5.41, 5.74) is 3.69. The lowest BCUT2D eigenvalue weighted by Gasteiger charge is -2.06. The first kappa shape index (κ1) is 16.5. The number of rotatable bonds is 6. The summed E-state index contributed by atoms with van der Waals surface area (Å²) in [5.74, 6) is 0.558. The number of amides is 1.